The van der Waals surface area contributed by atoms with Gasteiger partial charge in [-0.1, -0.05) is 42.0 Å². The lowest BCUT2D eigenvalue weighted by molar-refractivity contribution is 0.111. The maximum Gasteiger partial charge on any atom is 0.172 e. The van der Waals surface area contributed by atoms with Gasteiger partial charge in [-0.25, -0.2) is 4.68 Å². The van der Waals surface area contributed by atoms with Crippen molar-refractivity contribution >= 4 is 6.29 Å². The zero-order chi connectivity index (χ0) is 13.7. The molecule has 0 spiro atoms. The maximum absolute atomic E-state index is 11.0. The van der Waals surface area contributed by atoms with Crippen LogP contribution in [0.1, 0.15) is 40.7 Å². The van der Waals surface area contributed by atoms with Crippen LogP contribution in [0.5, 0.6) is 0 Å². The van der Waals surface area contributed by atoms with Gasteiger partial charge in [-0.2, -0.15) is 0 Å². The van der Waals surface area contributed by atoms with Gasteiger partial charge in [0.25, 0.3) is 0 Å². The topological polar surface area (TPSA) is 47.8 Å². The Morgan fingerprint density at radius 3 is 2.58 bits per heavy atom. The summed E-state index contributed by atoms with van der Waals surface area (Å²) in [5.74, 6) is 0. The highest BCUT2D eigenvalue weighted by molar-refractivity contribution is 5.73. The summed E-state index contributed by atoms with van der Waals surface area (Å²) in [4.78, 5) is 11.0. The third-order valence-electron chi connectivity index (χ3n) is 3.19. The van der Waals surface area contributed by atoms with Crippen molar-refractivity contribution in [2.24, 2.45) is 0 Å². The quantitative estimate of drug-likeness (QED) is 0.747. The van der Waals surface area contributed by atoms with Crippen molar-refractivity contribution in [3.63, 3.8) is 0 Å². The Labute approximate surface area is 113 Å². The third-order valence-corrected chi connectivity index (χ3v) is 3.19. The van der Waals surface area contributed by atoms with E-state index >= 15 is 0 Å². The summed E-state index contributed by atoms with van der Waals surface area (Å²) >= 11 is 0. The van der Waals surface area contributed by atoms with E-state index in [1.54, 1.807) is 0 Å². The minimum absolute atomic E-state index is 0.473. The van der Waals surface area contributed by atoms with Crippen LogP contribution in [0.4, 0.5) is 0 Å². The first-order valence-corrected chi connectivity index (χ1v) is 6.67. The number of benzene rings is 1. The molecular weight excluding hydrogens is 238 g/mol. The predicted octanol–water partition coefficient (Wildman–Crippen LogP) is 2.59. The molecule has 0 atom stereocenters. The van der Waals surface area contributed by atoms with Gasteiger partial charge in [-0.3, -0.25) is 4.79 Å². The first kappa shape index (κ1) is 13.5. The molecule has 0 fully saturated rings. The number of hydrogen-bond donors (Lipinski definition) is 0. The van der Waals surface area contributed by atoms with Crippen LogP contribution < -0.4 is 0 Å². The number of hydrogen-bond acceptors (Lipinski definition) is 3. The molecule has 1 aromatic heterocycles. The fourth-order valence-corrected chi connectivity index (χ4v) is 2.10. The Kier molecular flexibility index (Phi) is 4.44. The van der Waals surface area contributed by atoms with Gasteiger partial charge in [0.2, 0.25) is 0 Å². The van der Waals surface area contributed by atoms with Gasteiger partial charge in [0.05, 0.1) is 5.69 Å². The predicted molar refractivity (Wildman–Crippen MR) is 74.3 cm³/mol. The van der Waals surface area contributed by atoms with Gasteiger partial charge in [0.15, 0.2) is 6.29 Å². The second-order valence-corrected chi connectivity index (χ2v) is 4.75. The zero-order valence-corrected chi connectivity index (χ0v) is 11.5. The van der Waals surface area contributed by atoms with Crippen molar-refractivity contribution in [1.82, 2.24) is 15.0 Å². The summed E-state index contributed by atoms with van der Waals surface area (Å²) in [6, 6.07) is 8.48. The van der Waals surface area contributed by atoms with Gasteiger partial charge in [-0.05, 0) is 31.7 Å². The molecule has 2 aromatic rings. The summed E-state index contributed by atoms with van der Waals surface area (Å²) < 4.78 is 1.85. The Bertz CT molecular complexity index is 543. The van der Waals surface area contributed by atoms with E-state index < -0.39 is 0 Å². The highest BCUT2D eigenvalue weighted by Crippen LogP contribution is 2.11. The fraction of sp³-hybridized carbons (Fsp3) is 0.400. The molecule has 0 radical (unpaired) electrons. The minimum atomic E-state index is 0.473. The molecule has 0 aliphatic rings. The van der Waals surface area contributed by atoms with Crippen LogP contribution in [-0.4, -0.2) is 21.3 Å². The second kappa shape index (κ2) is 6.27. The number of aromatic nitrogens is 3. The summed E-state index contributed by atoms with van der Waals surface area (Å²) in [7, 11) is 0. The zero-order valence-electron chi connectivity index (χ0n) is 11.5. The highest BCUT2D eigenvalue weighted by Gasteiger charge is 2.11. The van der Waals surface area contributed by atoms with Crippen molar-refractivity contribution in [1.29, 1.82) is 0 Å². The Hall–Kier alpha value is -1.97. The fourth-order valence-electron chi connectivity index (χ4n) is 2.10. The summed E-state index contributed by atoms with van der Waals surface area (Å²) in [5.41, 5.74) is 3.94. The van der Waals surface area contributed by atoms with Crippen LogP contribution in [0.2, 0.25) is 0 Å². The number of aldehydes is 1. The van der Waals surface area contributed by atoms with Gasteiger partial charge >= 0.3 is 0 Å². The minimum Gasteiger partial charge on any atom is -0.296 e. The Morgan fingerprint density at radius 2 is 1.95 bits per heavy atom. The molecule has 0 saturated heterocycles. The number of carbonyl (C=O) groups excluding carboxylic acids is 1. The normalized spacial score (nSPS) is 10.6. The second-order valence-electron chi connectivity index (χ2n) is 4.75. The van der Waals surface area contributed by atoms with E-state index in [0.717, 1.165) is 37.8 Å². The van der Waals surface area contributed by atoms with Crippen LogP contribution in [0, 0.1) is 6.92 Å². The number of carbonyl (C=O) groups is 1. The SMILES string of the molecule is CCCn1nnc(C=O)c1CCc1ccc(C)cc1. The van der Waals surface area contributed by atoms with E-state index in [2.05, 4.69) is 48.4 Å². The van der Waals surface area contributed by atoms with E-state index in [4.69, 9.17) is 0 Å². The third kappa shape index (κ3) is 3.28. The molecule has 4 heteroatoms. The smallest absolute Gasteiger partial charge is 0.172 e. The molecule has 0 saturated carbocycles. The molecule has 0 amide bonds. The van der Waals surface area contributed by atoms with Crippen molar-refractivity contribution < 1.29 is 4.79 Å². The van der Waals surface area contributed by atoms with Crippen LogP contribution in [0.3, 0.4) is 0 Å². The van der Waals surface area contributed by atoms with Crippen LogP contribution >= 0.6 is 0 Å². The maximum atomic E-state index is 11.0. The number of rotatable bonds is 6. The lowest BCUT2D eigenvalue weighted by Gasteiger charge is -2.06. The average Bonchev–Trinajstić information content (AvgIpc) is 2.81. The largest absolute Gasteiger partial charge is 0.296 e. The van der Waals surface area contributed by atoms with Crippen molar-refractivity contribution in [2.45, 2.75) is 39.7 Å². The van der Waals surface area contributed by atoms with Crippen LogP contribution in [0.25, 0.3) is 0 Å². The molecule has 0 N–H and O–H groups in total. The lowest BCUT2D eigenvalue weighted by atomic mass is 10.1. The van der Waals surface area contributed by atoms with Gasteiger partial charge in [-0.15, -0.1) is 5.10 Å². The summed E-state index contributed by atoms with van der Waals surface area (Å²) in [6.45, 7) is 4.98. The van der Waals surface area contributed by atoms with Crippen molar-refractivity contribution in [3.8, 4) is 0 Å². The van der Waals surface area contributed by atoms with Crippen molar-refractivity contribution in [3.05, 3.63) is 46.8 Å². The van der Waals surface area contributed by atoms with Gasteiger partial charge in [0, 0.05) is 6.54 Å². The van der Waals surface area contributed by atoms with Gasteiger partial charge in [0.1, 0.15) is 5.69 Å². The van der Waals surface area contributed by atoms with Crippen LogP contribution in [-0.2, 0) is 19.4 Å². The van der Waals surface area contributed by atoms with Crippen LogP contribution in [0.15, 0.2) is 24.3 Å². The first-order valence-electron chi connectivity index (χ1n) is 6.67. The molecule has 100 valence electrons. The van der Waals surface area contributed by atoms with E-state index in [1.165, 1.54) is 11.1 Å². The number of aryl methyl sites for hydroxylation is 3. The van der Waals surface area contributed by atoms with Crippen molar-refractivity contribution in [2.75, 3.05) is 0 Å². The molecule has 1 heterocycles. The Balaban J connectivity index is 2.11. The van der Waals surface area contributed by atoms with E-state index in [1.807, 2.05) is 4.68 Å². The first-order chi connectivity index (χ1) is 9.24. The molecule has 4 nitrogen and oxygen atoms in total. The molecule has 0 aliphatic carbocycles. The van der Waals surface area contributed by atoms with Gasteiger partial charge < -0.3 is 0 Å². The highest BCUT2D eigenvalue weighted by atomic mass is 16.1. The van der Waals surface area contributed by atoms with E-state index in [-0.39, 0.29) is 0 Å². The molecule has 1 aromatic carbocycles. The molecule has 0 unspecified atom stereocenters. The van der Waals surface area contributed by atoms with E-state index in [9.17, 15) is 4.79 Å². The van der Waals surface area contributed by atoms with E-state index in [0.29, 0.717) is 5.69 Å². The standard InChI is InChI=1S/C15H19N3O/c1-3-10-18-15(14(11-19)16-17-18)9-8-13-6-4-12(2)5-7-13/h4-7,11H,3,8-10H2,1-2H3. The summed E-state index contributed by atoms with van der Waals surface area (Å²) in [5, 5.41) is 7.96. The Morgan fingerprint density at radius 1 is 1.21 bits per heavy atom. The summed E-state index contributed by atoms with van der Waals surface area (Å²) in [6.07, 6.45) is 3.48. The average molecular weight is 257 g/mol. The lowest BCUT2D eigenvalue weighted by Crippen LogP contribution is -2.07. The molecule has 0 bridgehead atoms. The molecule has 0 aliphatic heterocycles. The molecular formula is C15H19N3O. The molecule has 2 rings (SSSR count). The molecule has 19 heavy (non-hydrogen) atoms. The monoisotopic (exact) mass is 257 g/mol. The number of nitrogens with zero attached hydrogens (tertiary/aromatic N) is 3.